The molecule has 1 unspecified atom stereocenters. The molecule has 0 aromatic heterocycles. The molecule has 0 heterocycles. The van der Waals surface area contributed by atoms with Gasteiger partial charge in [-0.2, -0.15) is 0 Å². The zero-order valence-electron chi connectivity index (χ0n) is 8.76. The number of aliphatic hydroxyl groups is 1. The minimum atomic E-state index is -0.636. The lowest BCUT2D eigenvalue weighted by atomic mass is 10.1. The molecule has 0 aliphatic carbocycles. The highest BCUT2D eigenvalue weighted by atomic mass is 16.5. The van der Waals surface area contributed by atoms with Gasteiger partial charge in [-0.15, -0.1) is 0 Å². The van der Waals surface area contributed by atoms with Crippen molar-refractivity contribution in [2.75, 3.05) is 13.2 Å². The molecule has 0 spiro atoms. The van der Waals surface area contributed by atoms with Crippen molar-refractivity contribution in [2.45, 2.75) is 39.3 Å². The predicted octanol–water partition coefficient (Wildman–Crippen LogP) is 0.298. The quantitative estimate of drug-likeness (QED) is 0.624. The van der Waals surface area contributed by atoms with Gasteiger partial charge in [-0.1, -0.05) is 0 Å². The van der Waals surface area contributed by atoms with Crippen molar-refractivity contribution in [1.82, 2.24) is 5.32 Å². The van der Waals surface area contributed by atoms with Crippen molar-refractivity contribution in [1.29, 1.82) is 0 Å². The summed E-state index contributed by atoms with van der Waals surface area (Å²) in [7, 11) is 0. The fourth-order valence-corrected chi connectivity index (χ4v) is 0.696. The van der Waals surface area contributed by atoms with Crippen molar-refractivity contribution in [3.63, 3.8) is 0 Å². The van der Waals surface area contributed by atoms with Crippen LogP contribution >= 0.6 is 0 Å². The average molecular weight is 189 g/mol. The van der Waals surface area contributed by atoms with E-state index in [1.54, 1.807) is 0 Å². The van der Waals surface area contributed by atoms with Crippen LogP contribution in [-0.2, 0) is 9.53 Å². The van der Waals surface area contributed by atoms with Gasteiger partial charge in [-0.05, 0) is 20.8 Å². The van der Waals surface area contributed by atoms with Crippen LogP contribution in [0.15, 0.2) is 0 Å². The smallest absolute Gasteiger partial charge is 0.302 e. The average Bonchev–Trinajstić information content (AvgIpc) is 1.95. The Labute approximate surface area is 79.3 Å². The highest BCUT2D eigenvalue weighted by molar-refractivity contribution is 5.65. The molecule has 0 aromatic carbocycles. The summed E-state index contributed by atoms with van der Waals surface area (Å²) >= 11 is 0. The minimum absolute atomic E-state index is 0.0306. The molecule has 0 bridgehead atoms. The topological polar surface area (TPSA) is 58.6 Å². The number of esters is 1. The third-order valence-electron chi connectivity index (χ3n) is 1.35. The Morgan fingerprint density at radius 1 is 1.54 bits per heavy atom. The Morgan fingerprint density at radius 2 is 2.08 bits per heavy atom. The summed E-state index contributed by atoms with van der Waals surface area (Å²) in [5.41, 5.74) is -0.0306. The third-order valence-corrected chi connectivity index (χ3v) is 1.35. The molecule has 0 amide bonds. The number of aliphatic hydroxyl groups excluding tert-OH is 1. The monoisotopic (exact) mass is 189 g/mol. The van der Waals surface area contributed by atoms with Gasteiger partial charge in [-0.25, -0.2) is 0 Å². The fourth-order valence-electron chi connectivity index (χ4n) is 0.696. The lowest BCUT2D eigenvalue weighted by Crippen LogP contribution is -2.42. The summed E-state index contributed by atoms with van der Waals surface area (Å²) < 4.78 is 4.64. The summed E-state index contributed by atoms with van der Waals surface area (Å²) in [4.78, 5) is 10.4. The number of carbonyl (C=O) groups excluding carboxylic acids is 1. The van der Waals surface area contributed by atoms with Crippen LogP contribution in [0.3, 0.4) is 0 Å². The Hall–Kier alpha value is -0.610. The first-order valence-corrected chi connectivity index (χ1v) is 4.38. The molecule has 4 heteroatoms. The molecule has 13 heavy (non-hydrogen) atoms. The van der Waals surface area contributed by atoms with Crippen LogP contribution in [0.25, 0.3) is 0 Å². The Morgan fingerprint density at radius 3 is 2.46 bits per heavy atom. The molecule has 78 valence electrons. The summed E-state index contributed by atoms with van der Waals surface area (Å²) in [5, 5.41) is 12.4. The van der Waals surface area contributed by atoms with Crippen LogP contribution < -0.4 is 5.32 Å². The van der Waals surface area contributed by atoms with Crippen LogP contribution in [0.1, 0.15) is 27.7 Å². The van der Waals surface area contributed by atoms with Crippen molar-refractivity contribution in [3.05, 3.63) is 0 Å². The van der Waals surface area contributed by atoms with Crippen LogP contribution in [-0.4, -0.2) is 35.9 Å². The van der Waals surface area contributed by atoms with E-state index < -0.39 is 6.10 Å². The second kappa shape index (κ2) is 5.19. The van der Waals surface area contributed by atoms with E-state index in [9.17, 15) is 9.90 Å². The van der Waals surface area contributed by atoms with Gasteiger partial charge in [0.2, 0.25) is 0 Å². The molecule has 2 N–H and O–H groups in total. The Bertz CT molecular complexity index is 163. The Kier molecular flexibility index (Phi) is 4.95. The predicted molar refractivity (Wildman–Crippen MR) is 50.4 cm³/mol. The second-order valence-corrected chi connectivity index (χ2v) is 4.09. The molecular formula is C9H19NO3. The molecule has 0 rings (SSSR count). The van der Waals surface area contributed by atoms with Gasteiger partial charge in [0.1, 0.15) is 12.7 Å². The van der Waals surface area contributed by atoms with Gasteiger partial charge in [0.05, 0.1) is 0 Å². The summed E-state index contributed by atoms with van der Waals surface area (Å²) in [6.07, 6.45) is -0.636. The number of carbonyl (C=O) groups is 1. The van der Waals surface area contributed by atoms with Crippen LogP contribution in [0.4, 0.5) is 0 Å². The van der Waals surface area contributed by atoms with E-state index in [2.05, 4.69) is 10.1 Å². The lowest BCUT2D eigenvalue weighted by molar-refractivity contribution is -0.143. The first kappa shape index (κ1) is 12.4. The number of hydrogen-bond donors (Lipinski definition) is 2. The van der Waals surface area contributed by atoms with E-state index in [1.165, 1.54) is 6.92 Å². The summed E-state index contributed by atoms with van der Waals surface area (Å²) in [6, 6.07) is 0. The molecule has 0 aromatic rings. The molecule has 0 saturated carbocycles. The zero-order valence-corrected chi connectivity index (χ0v) is 8.76. The van der Waals surface area contributed by atoms with Crippen LogP contribution in [0.5, 0.6) is 0 Å². The van der Waals surface area contributed by atoms with Crippen LogP contribution in [0, 0.1) is 0 Å². The standard InChI is InChI=1S/C9H19NO3/c1-7(11)13-6-8(12)5-10-9(2,3)4/h8,10,12H,5-6H2,1-4H3. The molecule has 0 saturated heterocycles. The maximum atomic E-state index is 10.4. The normalized spacial score (nSPS) is 13.9. The number of ether oxygens (including phenoxy) is 1. The maximum Gasteiger partial charge on any atom is 0.302 e. The first-order valence-electron chi connectivity index (χ1n) is 4.38. The molecule has 0 aliphatic rings. The molecular weight excluding hydrogens is 170 g/mol. The third kappa shape index (κ3) is 9.30. The van der Waals surface area contributed by atoms with Crippen molar-refractivity contribution in [2.24, 2.45) is 0 Å². The molecule has 0 aliphatic heterocycles. The Balaban J connectivity index is 3.52. The van der Waals surface area contributed by atoms with Gasteiger partial charge in [0, 0.05) is 19.0 Å². The number of β-amino-alcohol motifs (C(OH)–C–C–N with tert-alkyl or cyclic N) is 1. The van der Waals surface area contributed by atoms with Gasteiger partial charge in [-0.3, -0.25) is 4.79 Å². The zero-order chi connectivity index (χ0) is 10.5. The first-order chi connectivity index (χ1) is 5.81. The molecule has 0 radical (unpaired) electrons. The molecule has 0 fully saturated rings. The molecule has 1 atom stereocenters. The van der Waals surface area contributed by atoms with E-state index >= 15 is 0 Å². The van der Waals surface area contributed by atoms with Gasteiger partial charge in [0.25, 0.3) is 0 Å². The lowest BCUT2D eigenvalue weighted by Gasteiger charge is -2.22. The second-order valence-electron chi connectivity index (χ2n) is 4.09. The van der Waals surface area contributed by atoms with E-state index in [1.807, 2.05) is 20.8 Å². The van der Waals surface area contributed by atoms with Crippen molar-refractivity contribution in [3.8, 4) is 0 Å². The highest BCUT2D eigenvalue weighted by Gasteiger charge is 2.12. The SMILES string of the molecule is CC(=O)OCC(O)CNC(C)(C)C. The summed E-state index contributed by atoms with van der Waals surface area (Å²) in [5.74, 6) is -0.366. The number of hydrogen-bond acceptors (Lipinski definition) is 4. The van der Waals surface area contributed by atoms with E-state index in [4.69, 9.17) is 0 Å². The number of nitrogens with one attached hydrogen (secondary N) is 1. The van der Waals surface area contributed by atoms with E-state index in [-0.39, 0.29) is 18.1 Å². The van der Waals surface area contributed by atoms with Crippen molar-refractivity contribution >= 4 is 5.97 Å². The van der Waals surface area contributed by atoms with Gasteiger partial charge < -0.3 is 15.2 Å². The van der Waals surface area contributed by atoms with Gasteiger partial charge in [0.15, 0.2) is 0 Å². The molecule has 4 nitrogen and oxygen atoms in total. The largest absolute Gasteiger partial charge is 0.463 e. The maximum absolute atomic E-state index is 10.4. The van der Waals surface area contributed by atoms with E-state index in [0.29, 0.717) is 6.54 Å². The summed E-state index contributed by atoms with van der Waals surface area (Å²) in [6.45, 7) is 7.82. The van der Waals surface area contributed by atoms with Crippen LogP contribution in [0.2, 0.25) is 0 Å². The number of rotatable bonds is 4. The van der Waals surface area contributed by atoms with E-state index in [0.717, 1.165) is 0 Å². The minimum Gasteiger partial charge on any atom is -0.463 e. The highest BCUT2D eigenvalue weighted by Crippen LogP contribution is 1.98. The fraction of sp³-hybridized carbons (Fsp3) is 0.889. The van der Waals surface area contributed by atoms with Crippen molar-refractivity contribution < 1.29 is 14.6 Å². The van der Waals surface area contributed by atoms with Gasteiger partial charge >= 0.3 is 5.97 Å².